The topological polar surface area (TPSA) is 72.2 Å². The van der Waals surface area contributed by atoms with Gasteiger partial charge < -0.3 is 5.32 Å². The van der Waals surface area contributed by atoms with Crippen LogP contribution < -0.4 is 5.32 Å². The molecule has 2 heterocycles. The Bertz CT molecular complexity index is 1340. The van der Waals surface area contributed by atoms with Crippen LogP contribution in [0.1, 0.15) is 27.4 Å². The van der Waals surface area contributed by atoms with Crippen LogP contribution in [-0.2, 0) is 12.4 Å². The van der Waals surface area contributed by atoms with Crippen LogP contribution in [0.4, 0.5) is 32.0 Å². The molecule has 0 aliphatic carbocycles. The van der Waals surface area contributed by atoms with Gasteiger partial charge in [-0.1, -0.05) is 35.9 Å². The SMILES string of the molecule is Cc1ccc(-c2cc(C(F)(F)F)n3nc(C(=O)Nc4cccc(C(F)(F)F)c4)nc3n2)cc1. The quantitative estimate of drug-likeness (QED) is 0.412. The van der Waals surface area contributed by atoms with E-state index in [1.165, 1.54) is 6.07 Å². The molecule has 0 bridgehead atoms. The van der Waals surface area contributed by atoms with Crippen LogP contribution in [0, 0.1) is 6.92 Å². The minimum absolute atomic E-state index is 0.0351. The van der Waals surface area contributed by atoms with Crippen molar-refractivity contribution in [1.29, 1.82) is 0 Å². The Balaban J connectivity index is 1.74. The number of anilines is 1. The van der Waals surface area contributed by atoms with Crippen LogP contribution in [0.15, 0.2) is 54.6 Å². The number of rotatable bonds is 3. The lowest BCUT2D eigenvalue weighted by Crippen LogP contribution is -2.16. The molecule has 1 N–H and O–H groups in total. The highest BCUT2D eigenvalue weighted by molar-refractivity contribution is 6.01. The summed E-state index contributed by atoms with van der Waals surface area (Å²) in [6.07, 6.45) is -9.48. The fourth-order valence-electron chi connectivity index (χ4n) is 3.00. The molecule has 0 radical (unpaired) electrons. The Kier molecular flexibility index (Phi) is 5.30. The molecule has 0 saturated carbocycles. The van der Waals surface area contributed by atoms with Crippen molar-refractivity contribution in [1.82, 2.24) is 19.6 Å². The van der Waals surface area contributed by atoms with Crippen LogP contribution in [0.25, 0.3) is 17.0 Å². The second-order valence-corrected chi connectivity index (χ2v) is 7.07. The molecule has 0 fully saturated rings. The van der Waals surface area contributed by atoms with E-state index in [-0.39, 0.29) is 11.4 Å². The van der Waals surface area contributed by atoms with Gasteiger partial charge in [0.1, 0.15) is 0 Å². The van der Waals surface area contributed by atoms with Gasteiger partial charge in [-0.3, -0.25) is 4.79 Å². The lowest BCUT2D eigenvalue weighted by atomic mass is 10.1. The molecule has 0 aliphatic heterocycles. The van der Waals surface area contributed by atoms with E-state index in [1.807, 2.05) is 6.92 Å². The van der Waals surface area contributed by atoms with Crippen molar-refractivity contribution < 1.29 is 31.1 Å². The predicted octanol–water partition coefficient (Wildman–Crippen LogP) is 5.39. The largest absolute Gasteiger partial charge is 0.433 e. The van der Waals surface area contributed by atoms with Gasteiger partial charge in [-0.15, -0.1) is 5.10 Å². The zero-order valence-corrected chi connectivity index (χ0v) is 16.7. The van der Waals surface area contributed by atoms with Crippen LogP contribution >= 0.6 is 0 Å². The Hall–Kier alpha value is -3.96. The fourth-order valence-corrected chi connectivity index (χ4v) is 3.00. The Morgan fingerprint density at radius 3 is 2.24 bits per heavy atom. The fraction of sp³-hybridized carbons (Fsp3) is 0.143. The maximum atomic E-state index is 13.7. The molecule has 33 heavy (non-hydrogen) atoms. The second-order valence-electron chi connectivity index (χ2n) is 7.07. The van der Waals surface area contributed by atoms with E-state index in [2.05, 4.69) is 20.4 Å². The highest BCUT2D eigenvalue weighted by Gasteiger charge is 2.36. The number of nitrogens with one attached hydrogen (secondary N) is 1. The van der Waals surface area contributed by atoms with Gasteiger partial charge in [0.05, 0.1) is 11.3 Å². The van der Waals surface area contributed by atoms with Crippen molar-refractivity contribution in [3.05, 3.63) is 77.2 Å². The van der Waals surface area contributed by atoms with Gasteiger partial charge in [0, 0.05) is 11.3 Å². The van der Waals surface area contributed by atoms with Gasteiger partial charge in [-0.05, 0) is 31.2 Å². The summed E-state index contributed by atoms with van der Waals surface area (Å²) in [4.78, 5) is 20.3. The number of amides is 1. The molecular weight excluding hydrogens is 452 g/mol. The number of nitrogens with zero attached hydrogens (tertiary/aromatic N) is 4. The molecule has 4 rings (SSSR count). The number of carbonyl (C=O) groups excluding carboxylic acids is 1. The summed E-state index contributed by atoms with van der Waals surface area (Å²) in [5, 5.41) is 5.74. The molecule has 1 amide bonds. The van der Waals surface area contributed by atoms with Crippen molar-refractivity contribution in [2.24, 2.45) is 0 Å². The Morgan fingerprint density at radius 2 is 1.61 bits per heavy atom. The van der Waals surface area contributed by atoms with Crippen LogP contribution in [0.2, 0.25) is 0 Å². The first-order valence-electron chi connectivity index (χ1n) is 9.32. The standard InChI is InChI=1S/C21H13F6N5O/c1-11-5-7-12(8-6-11)15-10-16(21(25,26)27)32-19(29-15)30-17(31-32)18(33)28-14-4-2-3-13(9-14)20(22,23)24/h2-10H,1H3,(H,28,33). The molecule has 0 aliphatic rings. The number of hydrogen-bond acceptors (Lipinski definition) is 4. The lowest BCUT2D eigenvalue weighted by Gasteiger charge is -2.10. The molecule has 2 aromatic heterocycles. The molecule has 6 nitrogen and oxygen atoms in total. The van der Waals surface area contributed by atoms with E-state index in [0.717, 1.165) is 23.8 Å². The van der Waals surface area contributed by atoms with E-state index in [1.54, 1.807) is 24.3 Å². The first kappa shape index (κ1) is 22.2. The number of alkyl halides is 6. The number of benzene rings is 2. The average Bonchev–Trinajstić information content (AvgIpc) is 3.17. The predicted molar refractivity (Wildman–Crippen MR) is 105 cm³/mol. The molecule has 4 aromatic rings. The summed E-state index contributed by atoms with van der Waals surface area (Å²) < 4.78 is 80.0. The summed E-state index contributed by atoms with van der Waals surface area (Å²) >= 11 is 0. The van der Waals surface area contributed by atoms with Crippen LogP contribution in [0.3, 0.4) is 0 Å². The molecule has 0 saturated heterocycles. The van der Waals surface area contributed by atoms with E-state index in [0.29, 0.717) is 16.1 Å². The van der Waals surface area contributed by atoms with Gasteiger partial charge in [-0.25, -0.2) is 4.98 Å². The normalized spacial score (nSPS) is 12.2. The summed E-state index contributed by atoms with van der Waals surface area (Å²) in [7, 11) is 0. The van der Waals surface area contributed by atoms with Gasteiger partial charge in [-0.2, -0.15) is 35.8 Å². The molecule has 170 valence electrons. The average molecular weight is 465 g/mol. The molecule has 12 heteroatoms. The maximum absolute atomic E-state index is 13.7. The second kappa shape index (κ2) is 7.87. The molecule has 0 atom stereocenters. The maximum Gasteiger partial charge on any atom is 0.433 e. The first-order chi connectivity index (χ1) is 15.4. The third-order valence-electron chi connectivity index (χ3n) is 4.60. The lowest BCUT2D eigenvalue weighted by molar-refractivity contribution is -0.142. The molecular formula is C21H13F6N5O. The van der Waals surface area contributed by atoms with Gasteiger partial charge >= 0.3 is 12.4 Å². The van der Waals surface area contributed by atoms with Crippen molar-refractivity contribution in [3.8, 4) is 11.3 Å². The Morgan fingerprint density at radius 1 is 0.909 bits per heavy atom. The zero-order chi connectivity index (χ0) is 24.0. The van der Waals surface area contributed by atoms with E-state index in [9.17, 15) is 31.1 Å². The Labute approximate surface area is 181 Å². The van der Waals surface area contributed by atoms with Crippen molar-refractivity contribution in [2.75, 3.05) is 5.32 Å². The summed E-state index contributed by atoms with van der Waals surface area (Å²) in [5.74, 6) is -2.27. The van der Waals surface area contributed by atoms with Gasteiger partial charge in [0.15, 0.2) is 5.69 Å². The smallest absolute Gasteiger partial charge is 0.319 e. The minimum Gasteiger partial charge on any atom is -0.319 e. The van der Waals surface area contributed by atoms with Gasteiger partial charge in [0.25, 0.3) is 11.7 Å². The highest BCUT2D eigenvalue weighted by Crippen LogP contribution is 2.32. The first-order valence-corrected chi connectivity index (χ1v) is 9.32. The summed E-state index contributed by atoms with van der Waals surface area (Å²) in [6, 6.07) is 11.1. The zero-order valence-electron chi connectivity index (χ0n) is 16.7. The third kappa shape index (κ3) is 4.64. The van der Waals surface area contributed by atoms with E-state index >= 15 is 0 Å². The van der Waals surface area contributed by atoms with Crippen LogP contribution in [0.5, 0.6) is 0 Å². The summed E-state index contributed by atoms with van der Waals surface area (Å²) in [5.41, 5.74) is -1.19. The van der Waals surface area contributed by atoms with Crippen molar-refractivity contribution >= 4 is 17.4 Å². The monoisotopic (exact) mass is 465 g/mol. The number of hydrogen-bond donors (Lipinski definition) is 1. The van der Waals surface area contributed by atoms with E-state index < -0.39 is 41.1 Å². The van der Waals surface area contributed by atoms with Gasteiger partial charge in [0.2, 0.25) is 5.82 Å². The highest BCUT2D eigenvalue weighted by atomic mass is 19.4. The van der Waals surface area contributed by atoms with Crippen molar-refractivity contribution in [3.63, 3.8) is 0 Å². The number of aromatic nitrogens is 4. The van der Waals surface area contributed by atoms with Crippen LogP contribution in [-0.4, -0.2) is 25.5 Å². The number of fused-ring (bicyclic) bond motifs is 1. The number of carbonyl (C=O) groups is 1. The minimum atomic E-state index is -4.84. The number of aryl methyl sites for hydroxylation is 1. The molecule has 0 spiro atoms. The summed E-state index contributed by atoms with van der Waals surface area (Å²) in [6.45, 7) is 1.81. The number of halogens is 6. The molecule has 0 unspecified atom stereocenters. The molecule has 2 aromatic carbocycles. The third-order valence-corrected chi connectivity index (χ3v) is 4.60. The van der Waals surface area contributed by atoms with E-state index in [4.69, 9.17) is 0 Å². The van der Waals surface area contributed by atoms with Crippen molar-refractivity contribution in [2.45, 2.75) is 19.3 Å².